The molecule has 1 aromatic carbocycles. The molecule has 0 aliphatic heterocycles. The summed E-state index contributed by atoms with van der Waals surface area (Å²) in [4.78, 5) is 20.9. The molecule has 0 amide bonds. The van der Waals surface area contributed by atoms with Gasteiger partial charge in [0.25, 0.3) is 5.69 Å². The van der Waals surface area contributed by atoms with E-state index in [0.717, 1.165) is 5.56 Å². The number of aryl methyl sites for hydroxylation is 2. The predicted molar refractivity (Wildman–Crippen MR) is 63.1 cm³/mol. The smallest absolute Gasteiger partial charge is 0.303 e. The second-order valence-electron chi connectivity index (χ2n) is 4.02. The molecule has 1 aromatic rings. The number of nitro benzene ring substituents is 1. The molecule has 5 heteroatoms. The van der Waals surface area contributed by atoms with E-state index in [1.807, 2.05) is 6.07 Å². The summed E-state index contributed by atoms with van der Waals surface area (Å²) in [5.41, 5.74) is 2.26. The Hall–Kier alpha value is -1.91. The van der Waals surface area contributed by atoms with Crippen LogP contribution in [0.1, 0.15) is 29.5 Å². The van der Waals surface area contributed by atoms with E-state index in [9.17, 15) is 14.9 Å². The largest absolute Gasteiger partial charge is 0.481 e. The number of hydrogen-bond donors (Lipinski definition) is 1. The first-order valence-electron chi connectivity index (χ1n) is 5.38. The van der Waals surface area contributed by atoms with Gasteiger partial charge in [-0.15, -0.1) is 0 Å². The van der Waals surface area contributed by atoms with Gasteiger partial charge in [0, 0.05) is 17.5 Å². The Morgan fingerprint density at radius 3 is 2.59 bits per heavy atom. The number of nitro groups is 1. The predicted octanol–water partition coefficient (Wildman–Crippen LogP) is 2.62. The van der Waals surface area contributed by atoms with E-state index in [0.29, 0.717) is 24.0 Å². The van der Waals surface area contributed by atoms with Crippen molar-refractivity contribution in [1.29, 1.82) is 0 Å². The first-order valence-corrected chi connectivity index (χ1v) is 5.38. The number of nitrogens with zero attached hydrogens (tertiary/aromatic N) is 1. The Morgan fingerprint density at radius 2 is 2.06 bits per heavy atom. The monoisotopic (exact) mass is 237 g/mol. The third-order valence-corrected chi connectivity index (χ3v) is 2.76. The van der Waals surface area contributed by atoms with Gasteiger partial charge in [0.2, 0.25) is 0 Å². The number of carboxylic acid groups (broad SMARTS) is 1. The molecule has 0 saturated heterocycles. The van der Waals surface area contributed by atoms with Crippen LogP contribution in [0.15, 0.2) is 12.1 Å². The molecule has 92 valence electrons. The van der Waals surface area contributed by atoms with E-state index < -0.39 is 5.97 Å². The molecule has 17 heavy (non-hydrogen) atoms. The van der Waals surface area contributed by atoms with Crippen LogP contribution in [0.4, 0.5) is 5.69 Å². The molecule has 0 heterocycles. The zero-order valence-corrected chi connectivity index (χ0v) is 9.90. The maximum absolute atomic E-state index is 10.9. The lowest BCUT2D eigenvalue weighted by atomic mass is 9.98. The molecule has 0 spiro atoms. The van der Waals surface area contributed by atoms with Crippen LogP contribution in [0.5, 0.6) is 0 Å². The van der Waals surface area contributed by atoms with Crippen molar-refractivity contribution in [2.24, 2.45) is 0 Å². The SMILES string of the molecule is Cc1ccc(CCCC(=O)O)c(C)c1[N+](=O)[O-]. The number of carboxylic acids is 1. The van der Waals surface area contributed by atoms with Crippen LogP contribution < -0.4 is 0 Å². The molecule has 0 aliphatic rings. The van der Waals surface area contributed by atoms with E-state index in [4.69, 9.17) is 5.11 Å². The van der Waals surface area contributed by atoms with Crippen LogP contribution in [0.2, 0.25) is 0 Å². The molecule has 0 atom stereocenters. The van der Waals surface area contributed by atoms with E-state index in [2.05, 4.69) is 0 Å². The average molecular weight is 237 g/mol. The highest BCUT2D eigenvalue weighted by molar-refractivity contribution is 5.66. The zero-order valence-electron chi connectivity index (χ0n) is 9.90. The molecule has 0 radical (unpaired) electrons. The number of rotatable bonds is 5. The van der Waals surface area contributed by atoms with Gasteiger partial charge in [0.15, 0.2) is 0 Å². The number of carbonyl (C=O) groups is 1. The highest BCUT2D eigenvalue weighted by atomic mass is 16.6. The summed E-state index contributed by atoms with van der Waals surface area (Å²) in [5.74, 6) is -0.843. The van der Waals surface area contributed by atoms with Gasteiger partial charge in [-0.1, -0.05) is 12.1 Å². The molecule has 0 saturated carbocycles. The molecule has 0 aliphatic carbocycles. The van der Waals surface area contributed by atoms with Gasteiger partial charge >= 0.3 is 5.97 Å². The standard InChI is InChI=1S/C12H15NO4/c1-8-6-7-10(4-3-5-11(14)15)9(2)12(8)13(16)17/h6-7H,3-5H2,1-2H3,(H,14,15). The fourth-order valence-corrected chi connectivity index (χ4v) is 1.86. The summed E-state index contributed by atoms with van der Waals surface area (Å²) in [6.45, 7) is 3.41. The van der Waals surface area contributed by atoms with Gasteiger partial charge < -0.3 is 5.11 Å². The Morgan fingerprint density at radius 1 is 1.41 bits per heavy atom. The quantitative estimate of drug-likeness (QED) is 0.630. The Balaban J connectivity index is 2.91. The molecule has 0 unspecified atom stereocenters. The van der Waals surface area contributed by atoms with Gasteiger partial charge in [0.05, 0.1) is 4.92 Å². The van der Waals surface area contributed by atoms with Crippen LogP contribution >= 0.6 is 0 Å². The second-order valence-corrected chi connectivity index (χ2v) is 4.02. The van der Waals surface area contributed by atoms with Crippen molar-refractivity contribution in [2.75, 3.05) is 0 Å². The highest BCUT2D eigenvalue weighted by Crippen LogP contribution is 2.26. The second kappa shape index (κ2) is 5.43. The van der Waals surface area contributed by atoms with Crippen molar-refractivity contribution in [3.63, 3.8) is 0 Å². The maximum Gasteiger partial charge on any atom is 0.303 e. The first-order chi connectivity index (χ1) is 7.93. The van der Waals surface area contributed by atoms with Crippen molar-refractivity contribution in [3.8, 4) is 0 Å². The Bertz CT molecular complexity index is 454. The lowest BCUT2D eigenvalue weighted by Crippen LogP contribution is -2.01. The molecule has 1 rings (SSSR count). The van der Waals surface area contributed by atoms with Gasteiger partial charge in [-0.05, 0) is 32.3 Å². The van der Waals surface area contributed by atoms with Crippen LogP contribution in [0, 0.1) is 24.0 Å². The van der Waals surface area contributed by atoms with Gasteiger partial charge in [0.1, 0.15) is 0 Å². The van der Waals surface area contributed by atoms with Crippen molar-refractivity contribution >= 4 is 11.7 Å². The number of aliphatic carboxylic acids is 1. The van der Waals surface area contributed by atoms with Crippen LogP contribution in [0.3, 0.4) is 0 Å². The first kappa shape index (κ1) is 13.2. The summed E-state index contributed by atoms with van der Waals surface area (Å²) in [5, 5.41) is 19.4. The molecule has 0 fully saturated rings. The van der Waals surface area contributed by atoms with Crippen molar-refractivity contribution in [1.82, 2.24) is 0 Å². The molecule has 0 bridgehead atoms. The molecule has 1 N–H and O–H groups in total. The third kappa shape index (κ3) is 3.27. The fraction of sp³-hybridized carbons (Fsp3) is 0.417. The minimum atomic E-state index is -0.843. The summed E-state index contributed by atoms with van der Waals surface area (Å²) in [6, 6.07) is 3.54. The number of hydrogen-bond acceptors (Lipinski definition) is 3. The molecule has 0 aromatic heterocycles. The average Bonchev–Trinajstić information content (AvgIpc) is 2.20. The lowest BCUT2D eigenvalue weighted by Gasteiger charge is -2.07. The minimum Gasteiger partial charge on any atom is -0.481 e. The van der Waals surface area contributed by atoms with Crippen LogP contribution in [-0.2, 0) is 11.2 Å². The van der Waals surface area contributed by atoms with E-state index >= 15 is 0 Å². The summed E-state index contributed by atoms with van der Waals surface area (Å²) < 4.78 is 0. The molecular formula is C12H15NO4. The minimum absolute atomic E-state index is 0.0844. The van der Waals surface area contributed by atoms with E-state index in [-0.39, 0.29) is 17.0 Å². The topological polar surface area (TPSA) is 80.4 Å². The van der Waals surface area contributed by atoms with E-state index in [1.165, 1.54) is 0 Å². The molecule has 5 nitrogen and oxygen atoms in total. The van der Waals surface area contributed by atoms with Crippen LogP contribution in [-0.4, -0.2) is 16.0 Å². The highest BCUT2D eigenvalue weighted by Gasteiger charge is 2.17. The summed E-state index contributed by atoms with van der Waals surface area (Å²) in [6.07, 6.45) is 1.14. The maximum atomic E-state index is 10.9. The lowest BCUT2D eigenvalue weighted by molar-refractivity contribution is -0.386. The van der Waals surface area contributed by atoms with Crippen molar-refractivity contribution in [2.45, 2.75) is 33.1 Å². The van der Waals surface area contributed by atoms with Gasteiger partial charge in [-0.3, -0.25) is 14.9 Å². The third-order valence-electron chi connectivity index (χ3n) is 2.76. The van der Waals surface area contributed by atoms with Gasteiger partial charge in [-0.2, -0.15) is 0 Å². The van der Waals surface area contributed by atoms with Gasteiger partial charge in [-0.25, -0.2) is 0 Å². The summed E-state index contributed by atoms with van der Waals surface area (Å²) in [7, 11) is 0. The van der Waals surface area contributed by atoms with Crippen LogP contribution in [0.25, 0.3) is 0 Å². The fourth-order valence-electron chi connectivity index (χ4n) is 1.86. The van der Waals surface area contributed by atoms with Crippen molar-refractivity contribution < 1.29 is 14.8 Å². The Labute approximate surface area is 99.2 Å². The van der Waals surface area contributed by atoms with E-state index in [1.54, 1.807) is 19.9 Å². The Kier molecular flexibility index (Phi) is 4.20. The number of benzene rings is 1. The summed E-state index contributed by atoms with van der Waals surface area (Å²) >= 11 is 0. The normalized spacial score (nSPS) is 10.2. The zero-order chi connectivity index (χ0) is 13.0. The molecular weight excluding hydrogens is 222 g/mol. The van der Waals surface area contributed by atoms with Crippen molar-refractivity contribution in [3.05, 3.63) is 38.9 Å².